The van der Waals surface area contributed by atoms with E-state index in [1.54, 1.807) is 0 Å². The normalized spacial score (nSPS) is 9.50. The predicted octanol–water partition coefficient (Wildman–Crippen LogP) is -0.426. The minimum Gasteiger partial charge on any atom is -0.375 e. The molecule has 0 bridgehead atoms. The van der Waals surface area contributed by atoms with E-state index in [4.69, 9.17) is 13.3 Å². The Hall–Kier alpha value is -0.523. The van der Waals surface area contributed by atoms with Gasteiger partial charge in [-0.3, -0.25) is 0 Å². The lowest BCUT2D eigenvalue weighted by Gasteiger charge is -2.05. The van der Waals surface area contributed by atoms with Crippen molar-refractivity contribution in [1.82, 2.24) is 0 Å². The Morgan fingerprint density at radius 3 is 2.50 bits per heavy atom. The largest absolute Gasteiger partial charge is 0.578 e. The Kier molecular flexibility index (Phi) is 6.25. The standard InChI is InChI=1S/C4H8NO4Si/c1-7-10(8-2)9-4-5-3-6/h4H2,1-2H3. The first-order valence-corrected chi connectivity index (χ1v) is 3.69. The van der Waals surface area contributed by atoms with E-state index < -0.39 is 9.53 Å². The molecular formula is C4H8NO4Si. The van der Waals surface area contributed by atoms with Crippen LogP contribution in [0.2, 0.25) is 0 Å². The van der Waals surface area contributed by atoms with Gasteiger partial charge in [0.2, 0.25) is 6.08 Å². The van der Waals surface area contributed by atoms with Crippen molar-refractivity contribution in [3.05, 3.63) is 0 Å². The third-order valence-corrected chi connectivity index (χ3v) is 1.68. The SMILES string of the molecule is CO[Si](OC)OCN=C=O. The number of hydrogen-bond acceptors (Lipinski definition) is 5. The van der Waals surface area contributed by atoms with E-state index in [9.17, 15) is 4.79 Å². The summed E-state index contributed by atoms with van der Waals surface area (Å²) in [6, 6.07) is 0. The monoisotopic (exact) mass is 162 g/mol. The zero-order valence-electron chi connectivity index (χ0n) is 5.79. The summed E-state index contributed by atoms with van der Waals surface area (Å²) in [5, 5.41) is 0. The van der Waals surface area contributed by atoms with Crippen molar-refractivity contribution in [2.45, 2.75) is 0 Å². The molecule has 1 radical (unpaired) electrons. The van der Waals surface area contributed by atoms with Gasteiger partial charge in [-0.25, -0.2) is 4.79 Å². The molecule has 0 fully saturated rings. The second kappa shape index (κ2) is 6.59. The van der Waals surface area contributed by atoms with Crippen LogP contribution in [0.4, 0.5) is 0 Å². The van der Waals surface area contributed by atoms with Crippen LogP contribution in [0, 0.1) is 0 Å². The molecule has 0 atom stereocenters. The van der Waals surface area contributed by atoms with Crippen LogP contribution >= 0.6 is 0 Å². The fraction of sp³-hybridized carbons (Fsp3) is 0.750. The van der Waals surface area contributed by atoms with Crippen LogP contribution in [-0.4, -0.2) is 36.6 Å². The summed E-state index contributed by atoms with van der Waals surface area (Å²) in [4.78, 5) is 12.7. The second-order valence-corrected chi connectivity index (χ2v) is 2.79. The molecule has 5 nitrogen and oxygen atoms in total. The van der Waals surface area contributed by atoms with Gasteiger partial charge in [-0.05, 0) is 0 Å². The molecule has 0 spiro atoms. The van der Waals surface area contributed by atoms with Gasteiger partial charge in [0.25, 0.3) is 0 Å². The van der Waals surface area contributed by atoms with Gasteiger partial charge in [-0.2, -0.15) is 4.99 Å². The summed E-state index contributed by atoms with van der Waals surface area (Å²) in [7, 11) is 1.25. The quantitative estimate of drug-likeness (QED) is 0.313. The van der Waals surface area contributed by atoms with Gasteiger partial charge >= 0.3 is 9.53 Å². The van der Waals surface area contributed by atoms with Gasteiger partial charge in [-0.1, -0.05) is 0 Å². The van der Waals surface area contributed by atoms with Crippen molar-refractivity contribution in [2.24, 2.45) is 4.99 Å². The zero-order chi connectivity index (χ0) is 7.82. The predicted molar refractivity (Wildman–Crippen MR) is 33.8 cm³/mol. The molecule has 10 heavy (non-hydrogen) atoms. The van der Waals surface area contributed by atoms with E-state index in [0.717, 1.165) is 0 Å². The number of hydrogen-bond donors (Lipinski definition) is 0. The summed E-state index contributed by atoms with van der Waals surface area (Å²) < 4.78 is 14.2. The van der Waals surface area contributed by atoms with E-state index in [2.05, 4.69) is 4.99 Å². The van der Waals surface area contributed by atoms with Crippen LogP contribution in [0.15, 0.2) is 4.99 Å². The lowest BCUT2D eigenvalue weighted by molar-refractivity contribution is 0.139. The highest BCUT2D eigenvalue weighted by atomic mass is 28.3. The first kappa shape index (κ1) is 9.48. The number of nitrogens with zero attached hydrogens (tertiary/aromatic N) is 1. The highest BCUT2D eigenvalue weighted by molar-refractivity contribution is 6.36. The van der Waals surface area contributed by atoms with Crippen molar-refractivity contribution in [2.75, 3.05) is 21.0 Å². The molecule has 0 rings (SSSR count). The smallest absolute Gasteiger partial charge is 0.375 e. The van der Waals surface area contributed by atoms with E-state index in [-0.39, 0.29) is 6.73 Å². The van der Waals surface area contributed by atoms with Crippen LogP contribution in [0.25, 0.3) is 0 Å². The summed E-state index contributed by atoms with van der Waals surface area (Å²) in [6.45, 7) is -0.0561. The maximum Gasteiger partial charge on any atom is 0.578 e. The van der Waals surface area contributed by atoms with Crippen LogP contribution in [0.1, 0.15) is 0 Å². The molecule has 0 amide bonds. The Balaban J connectivity index is 3.34. The van der Waals surface area contributed by atoms with Crippen molar-refractivity contribution in [3.8, 4) is 0 Å². The zero-order valence-corrected chi connectivity index (χ0v) is 6.79. The lowest BCUT2D eigenvalue weighted by atomic mass is 11.3. The Morgan fingerprint density at radius 2 is 2.10 bits per heavy atom. The topological polar surface area (TPSA) is 57.1 Å². The molecule has 0 aliphatic heterocycles. The minimum absolute atomic E-state index is 0.0561. The molecule has 0 N–H and O–H groups in total. The van der Waals surface area contributed by atoms with Gasteiger partial charge in [-0.15, -0.1) is 0 Å². The lowest BCUT2D eigenvalue weighted by Crippen LogP contribution is -2.23. The third-order valence-electron chi connectivity index (χ3n) is 0.645. The van der Waals surface area contributed by atoms with Crippen molar-refractivity contribution < 1.29 is 18.1 Å². The van der Waals surface area contributed by atoms with Crippen LogP contribution in [-0.2, 0) is 18.1 Å². The third kappa shape index (κ3) is 4.36. The Bertz CT molecular complexity index is 120. The number of carbonyl (C=O) groups excluding carboxylic acids is 1. The molecule has 0 saturated carbocycles. The van der Waals surface area contributed by atoms with Gasteiger partial charge in [0.1, 0.15) is 6.73 Å². The second-order valence-electron chi connectivity index (χ2n) is 1.18. The molecule has 0 unspecified atom stereocenters. The minimum atomic E-state index is -1.67. The van der Waals surface area contributed by atoms with Crippen molar-refractivity contribution in [3.63, 3.8) is 0 Å². The van der Waals surface area contributed by atoms with Crippen LogP contribution in [0.5, 0.6) is 0 Å². The summed E-state index contributed by atoms with van der Waals surface area (Å²) in [5.74, 6) is 0. The van der Waals surface area contributed by atoms with Crippen molar-refractivity contribution in [1.29, 1.82) is 0 Å². The molecule has 0 aromatic rings. The maximum atomic E-state index is 9.52. The highest BCUT2D eigenvalue weighted by Crippen LogP contribution is 1.86. The average molecular weight is 162 g/mol. The number of rotatable bonds is 5. The first-order chi connectivity index (χ1) is 4.85. The fourth-order valence-electron chi connectivity index (χ4n) is 0.313. The molecule has 6 heteroatoms. The first-order valence-electron chi connectivity index (χ1n) is 2.46. The molecule has 57 valence electrons. The van der Waals surface area contributed by atoms with E-state index >= 15 is 0 Å². The molecule has 0 saturated heterocycles. The number of isocyanates is 1. The molecule has 0 heterocycles. The van der Waals surface area contributed by atoms with Gasteiger partial charge in [0, 0.05) is 14.2 Å². The molecule has 0 aromatic carbocycles. The van der Waals surface area contributed by atoms with Gasteiger partial charge < -0.3 is 13.3 Å². The van der Waals surface area contributed by atoms with E-state index in [1.165, 1.54) is 20.3 Å². The van der Waals surface area contributed by atoms with Gasteiger partial charge in [0.05, 0.1) is 0 Å². The molecule has 0 aromatic heterocycles. The Morgan fingerprint density at radius 1 is 1.50 bits per heavy atom. The highest BCUT2D eigenvalue weighted by Gasteiger charge is 2.13. The summed E-state index contributed by atoms with van der Waals surface area (Å²) in [5.41, 5.74) is 0. The van der Waals surface area contributed by atoms with Gasteiger partial charge in [0.15, 0.2) is 0 Å². The van der Waals surface area contributed by atoms with Crippen LogP contribution in [0.3, 0.4) is 0 Å². The Labute approximate surface area is 60.6 Å². The molecule has 0 aliphatic rings. The molecule has 0 aliphatic carbocycles. The summed E-state index contributed by atoms with van der Waals surface area (Å²) in [6.07, 6.45) is 1.33. The van der Waals surface area contributed by atoms with E-state index in [0.29, 0.717) is 0 Å². The number of aliphatic imine (C=N–C) groups is 1. The fourth-order valence-corrected chi connectivity index (χ4v) is 0.885. The maximum absolute atomic E-state index is 9.52. The average Bonchev–Trinajstić information content (AvgIpc) is 1.99. The summed E-state index contributed by atoms with van der Waals surface area (Å²) >= 11 is 0. The van der Waals surface area contributed by atoms with E-state index in [1.807, 2.05) is 0 Å². The van der Waals surface area contributed by atoms with Crippen LogP contribution < -0.4 is 0 Å². The van der Waals surface area contributed by atoms with Crippen molar-refractivity contribution >= 4 is 15.6 Å². The molecular weight excluding hydrogens is 154 g/mol.